The summed E-state index contributed by atoms with van der Waals surface area (Å²) < 4.78 is 15.4. The van der Waals surface area contributed by atoms with Gasteiger partial charge >= 0.3 is 0 Å². The van der Waals surface area contributed by atoms with Crippen molar-refractivity contribution in [3.8, 4) is 0 Å². The van der Waals surface area contributed by atoms with Gasteiger partial charge in [-0.2, -0.15) is 5.10 Å². The number of rotatable bonds is 2. The van der Waals surface area contributed by atoms with E-state index in [9.17, 15) is 4.39 Å². The van der Waals surface area contributed by atoms with Crippen LogP contribution in [0.25, 0.3) is 21.8 Å². The number of benzene rings is 3. The molecular weight excluding hydrogens is 325 g/mol. The molecule has 0 bridgehead atoms. The van der Waals surface area contributed by atoms with Gasteiger partial charge in [-0.05, 0) is 41.5 Å². The van der Waals surface area contributed by atoms with Gasteiger partial charge in [0.2, 0.25) is 0 Å². The molecule has 1 unspecified atom stereocenters. The molecule has 1 atom stereocenters. The second-order valence-electron chi connectivity index (χ2n) is 6.80. The minimum atomic E-state index is -0.224. The first-order valence-electron chi connectivity index (χ1n) is 8.76. The van der Waals surface area contributed by atoms with E-state index in [4.69, 9.17) is 0 Å². The molecular formula is C22H18FN3. The largest absolute Gasteiger partial charge is 0.344 e. The number of hydrogen-bond donors (Lipinski definition) is 1. The third-order valence-corrected chi connectivity index (χ3v) is 5.27. The van der Waals surface area contributed by atoms with E-state index in [1.165, 1.54) is 39.5 Å². The monoisotopic (exact) mass is 343 g/mol. The summed E-state index contributed by atoms with van der Waals surface area (Å²) in [5, 5.41) is 7.01. The van der Waals surface area contributed by atoms with E-state index in [0.717, 1.165) is 17.7 Å². The van der Waals surface area contributed by atoms with Crippen molar-refractivity contribution in [3.63, 3.8) is 0 Å². The molecule has 0 fully saturated rings. The van der Waals surface area contributed by atoms with Crippen LogP contribution in [-0.2, 0) is 7.05 Å². The van der Waals surface area contributed by atoms with Crippen molar-refractivity contribution < 1.29 is 4.39 Å². The van der Waals surface area contributed by atoms with Crippen molar-refractivity contribution in [1.29, 1.82) is 0 Å². The highest BCUT2D eigenvalue weighted by Crippen LogP contribution is 2.32. The van der Waals surface area contributed by atoms with Gasteiger partial charge in [-0.15, -0.1) is 0 Å². The summed E-state index contributed by atoms with van der Waals surface area (Å²) in [5.41, 5.74) is 8.86. The summed E-state index contributed by atoms with van der Waals surface area (Å²) in [6.45, 7) is 0. The standard InChI is InChI=1S/C22H18FN3/c1-26-21-5-3-2-4-17(21)18-12-15(8-11-22(18)26)20-13-19(24-25-20)14-6-9-16(23)10-7-14/h2-12,20,25H,13H2,1H3. The van der Waals surface area contributed by atoms with Crippen molar-refractivity contribution in [2.45, 2.75) is 12.5 Å². The Kier molecular flexibility index (Phi) is 3.32. The zero-order chi connectivity index (χ0) is 17.7. The van der Waals surface area contributed by atoms with Crippen LogP contribution in [0.2, 0.25) is 0 Å². The molecule has 0 saturated carbocycles. The fraction of sp³-hybridized carbons (Fsp3) is 0.136. The van der Waals surface area contributed by atoms with Gasteiger partial charge in [-0.1, -0.05) is 36.4 Å². The molecule has 1 aliphatic heterocycles. The third kappa shape index (κ3) is 2.30. The summed E-state index contributed by atoms with van der Waals surface area (Å²) in [5.74, 6) is -0.224. The first-order chi connectivity index (χ1) is 12.7. The average molecular weight is 343 g/mol. The number of nitrogens with one attached hydrogen (secondary N) is 1. The Morgan fingerprint density at radius 2 is 1.73 bits per heavy atom. The Morgan fingerprint density at radius 3 is 2.58 bits per heavy atom. The molecule has 0 saturated heterocycles. The van der Waals surface area contributed by atoms with Crippen LogP contribution >= 0.6 is 0 Å². The normalized spacial score (nSPS) is 16.8. The molecule has 2 heterocycles. The summed E-state index contributed by atoms with van der Waals surface area (Å²) in [4.78, 5) is 0. The summed E-state index contributed by atoms with van der Waals surface area (Å²) in [7, 11) is 2.11. The predicted octanol–water partition coefficient (Wildman–Crippen LogP) is 4.91. The van der Waals surface area contributed by atoms with Crippen molar-refractivity contribution in [2.75, 3.05) is 0 Å². The molecule has 0 radical (unpaired) electrons. The Balaban J connectivity index is 1.50. The maximum absolute atomic E-state index is 13.1. The Labute approximate surface area is 150 Å². The van der Waals surface area contributed by atoms with Gasteiger partial charge in [0.15, 0.2) is 0 Å². The topological polar surface area (TPSA) is 29.3 Å². The number of fused-ring (bicyclic) bond motifs is 3. The molecule has 4 aromatic rings. The van der Waals surface area contributed by atoms with E-state index in [1.807, 2.05) is 0 Å². The quantitative estimate of drug-likeness (QED) is 0.550. The maximum atomic E-state index is 13.1. The van der Waals surface area contributed by atoms with E-state index in [1.54, 1.807) is 12.1 Å². The average Bonchev–Trinajstić information content (AvgIpc) is 3.27. The Bertz CT molecular complexity index is 1160. The lowest BCUT2D eigenvalue weighted by atomic mass is 9.98. The van der Waals surface area contributed by atoms with Crippen LogP contribution in [0, 0.1) is 5.82 Å². The van der Waals surface area contributed by atoms with Gasteiger partial charge in [-0.3, -0.25) is 0 Å². The van der Waals surface area contributed by atoms with Crippen LogP contribution in [0.4, 0.5) is 4.39 Å². The second kappa shape index (κ2) is 5.70. The zero-order valence-corrected chi connectivity index (χ0v) is 14.4. The molecule has 1 N–H and O–H groups in total. The van der Waals surface area contributed by atoms with Crippen molar-refractivity contribution in [3.05, 3.63) is 83.7 Å². The van der Waals surface area contributed by atoms with Crippen molar-refractivity contribution in [2.24, 2.45) is 12.1 Å². The lowest BCUT2D eigenvalue weighted by molar-refractivity contribution is 0.620. The van der Waals surface area contributed by atoms with Gasteiger partial charge < -0.3 is 9.99 Å². The molecule has 128 valence electrons. The lowest BCUT2D eigenvalue weighted by Gasteiger charge is -2.11. The van der Waals surface area contributed by atoms with Gasteiger partial charge in [-0.25, -0.2) is 4.39 Å². The fourth-order valence-corrected chi connectivity index (χ4v) is 3.86. The van der Waals surface area contributed by atoms with Gasteiger partial charge in [0.1, 0.15) is 5.82 Å². The number of hydrogen-bond acceptors (Lipinski definition) is 2. The zero-order valence-electron chi connectivity index (χ0n) is 14.4. The summed E-state index contributed by atoms with van der Waals surface area (Å²) >= 11 is 0. The number of halogens is 1. The van der Waals surface area contributed by atoms with Crippen LogP contribution in [0.3, 0.4) is 0 Å². The molecule has 26 heavy (non-hydrogen) atoms. The molecule has 0 aliphatic carbocycles. The van der Waals surface area contributed by atoms with E-state index in [-0.39, 0.29) is 11.9 Å². The molecule has 4 heteroatoms. The third-order valence-electron chi connectivity index (χ3n) is 5.27. The van der Waals surface area contributed by atoms with Gasteiger partial charge in [0, 0.05) is 35.3 Å². The number of hydrazone groups is 1. The number of para-hydroxylation sites is 1. The number of nitrogens with zero attached hydrogens (tertiary/aromatic N) is 2. The Hall–Kier alpha value is -3.14. The first-order valence-corrected chi connectivity index (χ1v) is 8.76. The number of aryl methyl sites for hydroxylation is 1. The predicted molar refractivity (Wildman–Crippen MR) is 104 cm³/mol. The van der Waals surface area contributed by atoms with Crippen LogP contribution in [0.15, 0.2) is 71.8 Å². The highest BCUT2D eigenvalue weighted by molar-refractivity contribution is 6.08. The molecule has 0 spiro atoms. The lowest BCUT2D eigenvalue weighted by Crippen LogP contribution is -2.09. The van der Waals surface area contributed by atoms with E-state index in [2.05, 4.69) is 64.6 Å². The summed E-state index contributed by atoms with van der Waals surface area (Å²) in [6, 6.07) is 21.8. The van der Waals surface area contributed by atoms with Gasteiger partial charge in [0.25, 0.3) is 0 Å². The Morgan fingerprint density at radius 1 is 0.962 bits per heavy atom. The van der Waals surface area contributed by atoms with Crippen molar-refractivity contribution >= 4 is 27.5 Å². The minimum absolute atomic E-state index is 0.137. The van der Waals surface area contributed by atoms with Crippen LogP contribution in [-0.4, -0.2) is 10.3 Å². The molecule has 5 rings (SSSR count). The van der Waals surface area contributed by atoms with E-state index >= 15 is 0 Å². The fourth-order valence-electron chi connectivity index (χ4n) is 3.86. The molecule has 1 aromatic heterocycles. The van der Waals surface area contributed by atoms with Gasteiger partial charge in [0.05, 0.1) is 11.8 Å². The summed E-state index contributed by atoms with van der Waals surface area (Å²) in [6.07, 6.45) is 0.794. The SMILES string of the molecule is Cn1c2ccccc2c2cc(C3CC(c4ccc(F)cc4)=NN3)ccc21. The van der Waals surface area contributed by atoms with Crippen LogP contribution in [0.5, 0.6) is 0 Å². The highest BCUT2D eigenvalue weighted by atomic mass is 19.1. The first kappa shape index (κ1) is 15.1. The molecule has 1 aliphatic rings. The minimum Gasteiger partial charge on any atom is -0.344 e. The van der Waals surface area contributed by atoms with Crippen LogP contribution in [0.1, 0.15) is 23.6 Å². The van der Waals surface area contributed by atoms with E-state index in [0.29, 0.717) is 0 Å². The van der Waals surface area contributed by atoms with E-state index < -0.39 is 0 Å². The van der Waals surface area contributed by atoms with Crippen LogP contribution < -0.4 is 5.43 Å². The maximum Gasteiger partial charge on any atom is 0.123 e. The highest BCUT2D eigenvalue weighted by Gasteiger charge is 2.22. The molecule has 0 amide bonds. The van der Waals surface area contributed by atoms with Crippen molar-refractivity contribution in [1.82, 2.24) is 9.99 Å². The molecule has 3 aromatic carbocycles. The number of aromatic nitrogens is 1. The smallest absolute Gasteiger partial charge is 0.123 e. The molecule has 3 nitrogen and oxygen atoms in total. The second-order valence-corrected chi connectivity index (χ2v) is 6.80.